The molecule has 1 aromatic rings. The molecule has 2 saturated carbocycles. The van der Waals surface area contributed by atoms with Crippen molar-refractivity contribution in [3.8, 4) is 0 Å². The van der Waals surface area contributed by atoms with Crippen LogP contribution in [0.5, 0.6) is 0 Å². The van der Waals surface area contributed by atoms with Gasteiger partial charge in [0.25, 0.3) is 0 Å². The molecule has 1 N–H and O–H groups in total. The largest absolute Gasteiger partial charge is 0.353 e. The van der Waals surface area contributed by atoms with Crippen LogP contribution in [0.25, 0.3) is 0 Å². The van der Waals surface area contributed by atoms with Gasteiger partial charge in [0.2, 0.25) is 5.95 Å². The molecule has 3 nitrogen and oxygen atoms in total. The number of nitrogens with one attached hydrogen (secondary N) is 1. The van der Waals surface area contributed by atoms with Crippen molar-refractivity contribution in [1.29, 1.82) is 0 Å². The number of imidazole rings is 1. The molecule has 3 heteroatoms. The summed E-state index contributed by atoms with van der Waals surface area (Å²) in [5.74, 6) is 2.79. The molecule has 1 heterocycles. The Morgan fingerprint density at radius 2 is 1.88 bits per heavy atom. The third-order valence-electron chi connectivity index (χ3n) is 4.13. The van der Waals surface area contributed by atoms with Crippen LogP contribution in [0, 0.1) is 11.8 Å². The lowest BCUT2D eigenvalue weighted by molar-refractivity contribution is 0.223. The first-order valence-corrected chi connectivity index (χ1v) is 7.01. The van der Waals surface area contributed by atoms with Crippen molar-refractivity contribution in [2.24, 2.45) is 11.8 Å². The highest BCUT2D eigenvalue weighted by atomic mass is 15.2. The molecular formula is C14H23N3. The third-order valence-corrected chi connectivity index (χ3v) is 4.13. The van der Waals surface area contributed by atoms with Crippen LogP contribution in [0.1, 0.15) is 52.0 Å². The Kier molecular flexibility index (Phi) is 2.85. The average Bonchev–Trinajstić information content (AvgIpc) is 2.93. The van der Waals surface area contributed by atoms with E-state index in [1.807, 2.05) is 6.20 Å². The predicted octanol–water partition coefficient (Wildman–Crippen LogP) is 3.45. The Morgan fingerprint density at radius 3 is 2.53 bits per heavy atom. The zero-order valence-electron chi connectivity index (χ0n) is 10.9. The van der Waals surface area contributed by atoms with Gasteiger partial charge in [-0.1, -0.05) is 13.8 Å². The molecule has 2 fully saturated rings. The van der Waals surface area contributed by atoms with Gasteiger partial charge < -0.3 is 9.88 Å². The van der Waals surface area contributed by atoms with E-state index in [9.17, 15) is 0 Å². The predicted molar refractivity (Wildman–Crippen MR) is 70.1 cm³/mol. The van der Waals surface area contributed by atoms with Crippen LogP contribution in [0.15, 0.2) is 12.4 Å². The fourth-order valence-corrected chi connectivity index (χ4v) is 3.26. The van der Waals surface area contributed by atoms with Crippen molar-refractivity contribution < 1.29 is 0 Å². The van der Waals surface area contributed by atoms with Crippen molar-refractivity contribution in [3.63, 3.8) is 0 Å². The Labute approximate surface area is 104 Å². The van der Waals surface area contributed by atoms with Crippen molar-refractivity contribution >= 4 is 5.95 Å². The summed E-state index contributed by atoms with van der Waals surface area (Å²) in [6, 6.07) is 1.34. The summed E-state index contributed by atoms with van der Waals surface area (Å²) in [5, 5.41) is 3.54. The molecule has 0 radical (unpaired) electrons. The molecule has 1 aromatic heterocycles. The minimum Gasteiger partial charge on any atom is -0.353 e. The van der Waals surface area contributed by atoms with E-state index in [-0.39, 0.29) is 0 Å². The molecule has 0 aliphatic heterocycles. The maximum absolute atomic E-state index is 4.47. The molecule has 3 rings (SSSR count). The summed E-state index contributed by atoms with van der Waals surface area (Å²) in [7, 11) is 0. The van der Waals surface area contributed by atoms with Crippen LogP contribution < -0.4 is 5.32 Å². The number of nitrogens with zero attached hydrogens (tertiary/aromatic N) is 2. The highest BCUT2D eigenvalue weighted by Gasteiger charge is 2.28. The summed E-state index contributed by atoms with van der Waals surface area (Å²) in [4.78, 5) is 4.47. The average molecular weight is 233 g/mol. The lowest BCUT2D eigenvalue weighted by atomic mass is 9.80. The Hall–Kier alpha value is -0.990. The molecule has 0 spiro atoms. The lowest BCUT2D eigenvalue weighted by Crippen LogP contribution is -2.23. The maximum atomic E-state index is 4.47. The van der Waals surface area contributed by atoms with E-state index in [2.05, 4.69) is 34.9 Å². The number of hydrogen-bond donors (Lipinski definition) is 1. The second kappa shape index (κ2) is 4.35. The molecular weight excluding hydrogens is 210 g/mol. The van der Waals surface area contributed by atoms with Crippen LogP contribution in [0.3, 0.4) is 0 Å². The number of aromatic nitrogens is 2. The number of rotatable bonds is 3. The van der Waals surface area contributed by atoms with E-state index in [0.29, 0.717) is 12.1 Å². The fourth-order valence-electron chi connectivity index (χ4n) is 3.26. The van der Waals surface area contributed by atoms with Gasteiger partial charge in [0, 0.05) is 24.5 Å². The second-order valence-electron chi connectivity index (χ2n) is 6.15. The molecule has 0 saturated heterocycles. The summed E-state index contributed by atoms with van der Waals surface area (Å²) in [6.07, 6.45) is 10.7. The zero-order chi connectivity index (χ0) is 11.8. The fraction of sp³-hybridized carbons (Fsp3) is 0.786. The molecule has 0 amide bonds. The molecule has 2 atom stereocenters. The monoisotopic (exact) mass is 233 g/mol. The highest BCUT2D eigenvalue weighted by molar-refractivity contribution is 5.30. The van der Waals surface area contributed by atoms with Crippen LogP contribution >= 0.6 is 0 Å². The Morgan fingerprint density at radius 1 is 1.18 bits per heavy atom. The van der Waals surface area contributed by atoms with Crippen molar-refractivity contribution in [2.75, 3.05) is 5.32 Å². The molecule has 2 unspecified atom stereocenters. The molecule has 2 aliphatic rings. The third kappa shape index (κ3) is 2.48. The minimum absolute atomic E-state index is 0.650. The van der Waals surface area contributed by atoms with Gasteiger partial charge in [-0.3, -0.25) is 0 Å². The standard InChI is InChI=1S/C14H23N3/c1-10-7-11(2)9-13(8-10)17-6-5-15-14(17)16-12-3-4-12/h5-6,10-13H,3-4,7-9H2,1-2H3,(H,15,16). The molecule has 0 aromatic carbocycles. The summed E-state index contributed by atoms with van der Waals surface area (Å²) >= 11 is 0. The van der Waals surface area contributed by atoms with Crippen molar-refractivity contribution in [3.05, 3.63) is 12.4 Å². The highest BCUT2D eigenvalue weighted by Crippen LogP contribution is 2.37. The van der Waals surface area contributed by atoms with Crippen LogP contribution in [0.4, 0.5) is 5.95 Å². The van der Waals surface area contributed by atoms with E-state index >= 15 is 0 Å². The quantitative estimate of drug-likeness (QED) is 0.866. The van der Waals surface area contributed by atoms with Crippen LogP contribution in [-0.4, -0.2) is 15.6 Å². The minimum atomic E-state index is 0.650. The maximum Gasteiger partial charge on any atom is 0.203 e. The molecule has 2 aliphatic carbocycles. The Balaban J connectivity index is 1.75. The van der Waals surface area contributed by atoms with Gasteiger partial charge in [-0.15, -0.1) is 0 Å². The van der Waals surface area contributed by atoms with Gasteiger partial charge >= 0.3 is 0 Å². The SMILES string of the molecule is CC1CC(C)CC(n2ccnc2NC2CC2)C1. The van der Waals surface area contributed by atoms with E-state index in [4.69, 9.17) is 0 Å². The van der Waals surface area contributed by atoms with E-state index in [0.717, 1.165) is 17.8 Å². The number of anilines is 1. The van der Waals surface area contributed by atoms with Crippen LogP contribution in [-0.2, 0) is 0 Å². The summed E-state index contributed by atoms with van der Waals surface area (Å²) in [5.41, 5.74) is 0. The van der Waals surface area contributed by atoms with E-state index in [1.54, 1.807) is 0 Å². The first kappa shape index (κ1) is 11.1. The van der Waals surface area contributed by atoms with Gasteiger partial charge in [-0.05, 0) is 43.9 Å². The zero-order valence-corrected chi connectivity index (χ0v) is 10.9. The summed E-state index contributed by atoms with van der Waals surface area (Å²) < 4.78 is 2.38. The number of hydrogen-bond acceptors (Lipinski definition) is 2. The van der Waals surface area contributed by atoms with Gasteiger partial charge in [-0.2, -0.15) is 0 Å². The molecule has 17 heavy (non-hydrogen) atoms. The van der Waals surface area contributed by atoms with Gasteiger partial charge in [0.1, 0.15) is 0 Å². The van der Waals surface area contributed by atoms with Crippen molar-refractivity contribution in [2.45, 2.75) is 58.0 Å². The first-order chi connectivity index (χ1) is 8.22. The first-order valence-electron chi connectivity index (χ1n) is 7.01. The second-order valence-corrected chi connectivity index (χ2v) is 6.15. The van der Waals surface area contributed by atoms with Gasteiger partial charge in [0.05, 0.1) is 0 Å². The van der Waals surface area contributed by atoms with Crippen molar-refractivity contribution in [1.82, 2.24) is 9.55 Å². The molecule has 94 valence electrons. The molecule has 0 bridgehead atoms. The smallest absolute Gasteiger partial charge is 0.203 e. The van der Waals surface area contributed by atoms with E-state index in [1.165, 1.54) is 32.1 Å². The van der Waals surface area contributed by atoms with Gasteiger partial charge in [-0.25, -0.2) is 4.98 Å². The topological polar surface area (TPSA) is 29.9 Å². The normalized spacial score (nSPS) is 33.6. The van der Waals surface area contributed by atoms with Gasteiger partial charge in [0.15, 0.2) is 0 Å². The summed E-state index contributed by atoms with van der Waals surface area (Å²) in [6.45, 7) is 4.77. The van der Waals surface area contributed by atoms with E-state index < -0.39 is 0 Å². The lowest BCUT2D eigenvalue weighted by Gasteiger charge is -2.33. The Bertz CT molecular complexity index is 371. The van der Waals surface area contributed by atoms with Crippen LogP contribution in [0.2, 0.25) is 0 Å².